The zero-order valence-corrected chi connectivity index (χ0v) is 14.7. The number of halogens is 2. The van der Waals surface area contributed by atoms with E-state index in [-0.39, 0.29) is 11.3 Å². The van der Waals surface area contributed by atoms with Crippen molar-refractivity contribution >= 4 is 35.3 Å². The maximum atomic E-state index is 12.1. The van der Waals surface area contributed by atoms with Crippen LogP contribution in [0.3, 0.4) is 0 Å². The lowest BCUT2D eigenvalue weighted by Gasteiger charge is -2.18. The second-order valence-corrected chi connectivity index (χ2v) is 6.98. The largest absolute Gasteiger partial charge is 0.271 e. The van der Waals surface area contributed by atoms with E-state index in [2.05, 4.69) is 31.3 Å². The third kappa shape index (κ3) is 4.57. The molecule has 2 aromatic rings. The quantitative estimate of drug-likeness (QED) is 0.611. The Morgan fingerprint density at radius 1 is 1.04 bits per heavy atom. The smallest absolute Gasteiger partial charge is 0.267 e. The second-order valence-electron chi connectivity index (χ2n) is 6.16. The van der Waals surface area contributed by atoms with Crippen LogP contribution in [0.4, 0.5) is 0 Å². The minimum absolute atomic E-state index is 0.0496. The molecule has 0 bridgehead atoms. The average Bonchev–Trinajstić information content (AvgIpc) is 2.49. The maximum Gasteiger partial charge on any atom is 0.271 e. The van der Waals surface area contributed by atoms with Crippen LogP contribution in [0, 0.1) is 0 Å². The first-order valence-electron chi connectivity index (χ1n) is 7.17. The molecule has 0 aliphatic rings. The van der Waals surface area contributed by atoms with Gasteiger partial charge in [0, 0.05) is 11.1 Å². The summed E-state index contributed by atoms with van der Waals surface area (Å²) in [5, 5.41) is 4.87. The molecule has 2 aromatic carbocycles. The van der Waals surface area contributed by atoms with E-state index in [0.29, 0.717) is 21.2 Å². The molecule has 0 atom stereocenters. The lowest BCUT2D eigenvalue weighted by molar-refractivity contribution is 0.0955. The van der Waals surface area contributed by atoms with E-state index in [9.17, 15) is 4.79 Å². The van der Waals surface area contributed by atoms with Gasteiger partial charge in [0.05, 0.1) is 16.3 Å². The van der Waals surface area contributed by atoms with Gasteiger partial charge >= 0.3 is 0 Å². The predicted molar refractivity (Wildman–Crippen MR) is 96.7 cm³/mol. The molecule has 0 aliphatic carbocycles. The third-order valence-electron chi connectivity index (χ3n) is 3.37. The van der Waals surface area contributed by atoms with Crippen molar-refractivity contribution in [1.29, 1.82) is 0 Å². The van der Waals surface area contributed by atoms with Crippen LogP contribution in [0.25, 0.3) is 0 Å². The molecule has 0 spiro atoms. The van der Waals surface area contributed by atoms with Gasteiger partial charge in [-0.2, -0.15) is 5.10 Å². The van der Waals surface area contributed by atoms with E-state index in [1.807, 2.05) is 12.1 Å². The van der Waals surface area contributed by atoms with E-state index >= 15 is 0 Å². The molecule has 120 valence electrons. The van der Waals surface area contributed by atoms with Gasteiger partial charge in [-0.15, -0.1) is 0 Å². The topological polar surface area (TPSA) is 41.5 Å². The zero-order chi connectivity index (χ0) is 17.0. The van der Waals surface area contributed by atoms with Gasteiger partial charge in [0.15, 0.2) is 0 Å². The van der Waals surface area contributed by atoms with Crippen LogP contribution in [-0.4, -0.2) is 12.1 Å². The van der Waals surface area contributed by atoms with Crippen molar-refractivity contribution in [3.63, 3.8) is 0 Å². The minimum Gasteiger partial charge on any atom is -0.267 e. The molecule has 0 unspecified atom stereocenters. The van der Waals surface area contributed by atoms with E-state index in [0.717, 1.165) is 0 Å². The summed E-state index contributed by atoms with van der Waals surface area (Å²) >= 11 is 12.1. The normalized spacial score (nSPS) is 11.7. The summed E-state index contributed by atoms with van der Waals surface area (Å²) in [7, 11) is 0. The molecule has 0 aliphatic heterocycles. The summed E-state index contributed by atoms with van der Waals surface area (Å²) < 4.78 is 0. The average molecular weight is 349 g/mol. The molecule has 1 N–H and O–H groups in total. The van der Waals surface area contributed by atoms with Crippen LogP contribution in [0.15, 0.2) is 47.6 Å². The number of benzene rings is 2. The molecule has 2 rings (SSSR count). The van der Waals surface area contributed by atoms with Crippen molar-refractivity contribution in [3.8, 4) is 0 Å². The zero-order valence-electron chi connectivity index (χ0n) is 13.2. The van der Waals surface area contributed by atoms with Gasteiger partial charge in [-0.1, -0.05) is 62.2 Å². The van der Waals surface area contributed by atoms with Crippen molar-refractivity contribution in [2.75, 3.05) is 0 Å². The Labute approximate surface area is 146 Å². The molecule has 0 aromatic heterocycles. The Hall–Kier alpha value is -1.84. The monoisotopic (exact) mass is 348 g/mol. The highest BCUT2D eigenvalue weighted by molar-refractivity contribution is 6.38. The van der Waals surface area contributed by atoms with E-state index in [1.165, 1.54) is 11.8 Å². The molecule has 23 heavy (non-hydrogen) atoms. The van der Waals surface area contributed by atoms with Gasteiger partial charge in [-0.25, -0.2) is 5.43 Å². The van der Waals surface area contributed by atoms with Crippen molar-refractivity contribution in [2.24, 2.45) is 5.10 Å². The standard InChI is InChI=1S/C18H18Cl2N2O/c1-18(2,3)13-9-7-12(8-10-13)17(23)22-21-11-14-15(19)5-4-6-16(14)20/h4-11H,1-3H3,(H,22,23)/b21-11+. The van der Waals surface area contributed by atoms with Crippen LogP contribution in [0.2, 0.25) is 10.0 Å². The maximum absolute atomic E-state index is 12.1. The Morgan fingerprint density at radius 2 is 1.61 bits per heavy atom. The van der Waals surface area contributed by atoms with Gasteiger partial charge in [0.2, 0.25) is 0 Å². The SMILES string of the molecule is CC(C)(C)c1ccc(C(=O)N/N=C/c2c(Cl)cccc2Cl)cc1. The molecular weight excluding hydrogens is 331 g/mol. The van der Waals surface area contributed by atoms with Crippen LogP contribution in [0.5, 0.6) is 0 Å². The Morgan fingerprint density at radius 3 is 2.13 bits per heavy atom. The number of hydrogen-bond donors (Lipinski definition) is 1. The summed E-state index contributed by atoms with van der Waals surface area (Å²) in [6.07, 6.45) is 1.44. The number of hydrogen-bond acceptors (Lipinski definition) is 2. The first-order chi connectivity index (χ1) is 10.8. The van der Waals surface area contributed by atoms with Crippen molar-refractivity contribution in [2.45, 2.75) is 26.2 Å². The number of carbonyl (C=O) groups excluding carboxylic acids is 1. The van der Waals surface area contributed by atoms with Crippen molar-refractivity contribution in [3.05, 3.63) is 69.2 Å². The molecular formula is C18H18Cl2N2O. The Bertz CT molecular complexity index is 711. The van der Waals surface area contributed by atoms with Gasteiger partial charge in [0.1, 0.15) is 0 Å². The molecule has 0 heterocycles. The Balaban J connectivity index is 2.06. The van der Waals surface area contributed by atoms with Gasteiger partial charge in [-0.3, -0.25) is 4.79 Å². The molecule has 3 nitrogen and oxygen atoms in total. The molecule has 0 radical (unpaired) electrons. The van der Waals surface area contributed by atoms with Gasteiger partial charge < -0.3 is 0 Å². The fourth-order valence-electron chi connectivity index (χ4n) is 1.98. The first kappa shape index (κ1) is 17.5. The summed E-state index contributed by atoms with van der Waals surface area (Å²) in [5.74, 6) is -0.287. The summed E-state index contributed by atoms with van der Waals surface area (Å²) in [4.78, 5) is 12.1. The minimum atomic E-state index is -0.287. The third-order valence-corrected chi connectivity index (χ3v) is 4.03. The first-order valence-corrected chi connectivity index (χ1v) is 7.92. The summed E-state index contributed by atoms with van der Waals surface area (Å²) in [6, 6.07) is 12.6. The number of amides is 1. The van der Waals surface area contributed by atoms with Crippen molar-refractivity contribution < 1.29 is 4.79 Å². The van der Waals surface area contributed by atoms with Gasteiger partial charge in [0.25, 0.3) is 5.91 Å². The molecule has 0 fully saturated rings. The molecule has 0 saturated carbocycles. The highest BCUT2D eigenvalue weighted by atomic mass is 35.5. The van der Waals surface area contributed by atoms with E-state index in [1.54, 1.807) is 30.3 Å². The van der Waals surface area contributed by atoms with Gasteiger partial charge in [-0.05, 0) is 35.2 Å². The highest BCUT2D eigenvalue weighted by Gasteiger charge is 2.14. The number of carbonyl (C=O) groups is 1. The van der Waals surface area contributed by atoms with Crippen LogP contribution in [-0.2, 0) is 5.41 Å². The number of nitrogens with one attached hydrogen (secondary N) is 1. The molecule has 5 heteroatoms. The lowest BCUT2D eigenvalue weighted by Crippen LogP contribution is -2.18. The summed E-state index contributed by atoms with van der Waals surface area (Å²) in [5.41, 5.74) is 4.80. The van der Waals surface area contributed by atoms with Crippen LogP contribution >= 0.6 is 23.2 Å². The molecule has 1 amide bonds. The second kappa shape index (κ2) is 7.16. The highest BCUT2D eigenvalue weighted by Crippen LogP contribution is 2.23. The van der Waals surface area contributed by atoms with Crippen LogP contribution < -0.4 is 5.43 Å². The van der Waals surface area contributed by atoms with E-state index < -0.39 is 0 Å². The molecule has 0 saturated heterocycles. The fraction of sp³-hybridized carbons (Fsp3) is 0.222. The number of rotatable bonds is 3. The predicted octanol–water partition coefficient (Wildman–Crippen LogP) is 5.05. The summed E-state index contributed by atoms with van der Waals surface area (Å²) in [6.45, 7) is 6.37. The van der Waals surface area contributed by atoms with E-state index in [4.69, 9.17) is 23.2 Å². The van der Waals surface area contributed by atoms with Crippen molar-refractivity contribution in [1.82, 2.24) is 5.43 Å². The lowest BCUT2D eigenvalue weighted by atomic mass is 9.87. The van der Waals surface area contributed by atoms with Crippen LogP contribution in [0.1, 0.15) is 42.3 Å². The number of nitrogens with zero attached hydrogens (tertiary/aromatic N) is 1. The Kier molecular flexibility index (Phi) is 5.45. The number of hydrazone groups is 1. The fourth-order valence-corrected chi connectivity index (χ4v) is 2.47.